The molecule has 0 radical (unpaired) electrons. The van der Waals surface area contributed by atoms with Crippen LogP contribution in [0.5, 0.6) is 11.5 Å². The Bertz CT molecular complexity index is 1260. The zero-order chi connectivity index (χ0) is 24.1. The number of thioether (sulfide) groups is 1. The van der Waals surface area contributed by atoms with Crippen molar-refractivity contribution < 1.29 is 23.5 Å². The molecule has 0 atom stereocenters. The number of halogens is 1. The molecule has 5 nitrogen and oxygen atoms in total. The topological polar surface area (TPSA) is 55.8 Å². The van der Waals surface area contributed by atoms with Crippen LogP contribution < -0.4 is 9.47 Å². The molecular formula is C27H24FNO4S. The molecule has 3 aromatic carbocycles. The lowest BCUT2D eigenvalue weighted by molar-refractivity contribution is -0.123. The second kappa shape index (κ2) is 10.6. The lowest BCUT2D eigenvalue weighted by Gasteiger charge is -2.13. The molecule has 174 valence electrons. The van der Waals surface area contributed by atoms with E-state index in [-0.39, 0.29) is 30.1 Å². The van der Waals surface area contributed by atoms with E-state index >= 15 is 0 Å². The van der Waals surface area contributed by atoms with E-state index in [0.29, 0.717) is 34.1 Å². The molecule has 1 heterocycles. The van der Waals surface area contributed by atoms with Crippen molar-refractivity contribution in [1.82, 2.24) is 4.90 Å². The van der Waals surface area contributed by atoms with Crippen molar-refractivity contribution in [2.75, 3.05) is 6.61 Å². The van der Waals surface area contributed by atoms with Gasteiger partial charge in [-0.05, 0) is 61.0 Å². The van der Waals surface area contributed by atoms with Crippen molar-refractivity contribution in [2.24, 2.45) is 0 Å². The molecule has 0 unspecified atom stereocenters. The maximum absolute atomic E-state index is 13.9. The molecule has 3 aromatic rings. The number of imide groups is 1. The standard InChI is InChI=1S/C27H24FNO4S/c1-3-32-24-14-19(11-12-23(24)33-17-21-9-4-5-10-22(21)28)15-25-26(30)29(27(31)34-25)16-20-8-6-7-18(2)13-20/h4-15H,3,16-17H2,1-2H3/b25-15-. The SMILES string of the molecule is CCOc1cc(/C=C2\SC(=O)N(Cc3cccc(C)c3)C2=O)ccc1OCc1ccccc1F. The molecule has 1 saturated heterocycles. The van der Waals surface area contributed by atoms with Gasteiger partial charge in [-0.2, -0.15) is 0 Å². The Morgan fingerprint density at radius 2 is 1.79 bits per heavy atom. The van der Waals surface area contributed by atoms with Gasteiger partial charge in [0.1, 0.15) is 12.4 Å². The Morgan fingerprint density at radius 1 is 0.971 bits per heavy atom. The lowest BCUT2D eigenvalue weighted by Crippen LogP contribution is -2.27. The first-order chi connectivity index (χ1) is 16.4. The molecule has 0 spiro atoms. The molecule has 4 rings (SSSR count). The fraction of sp³-hybridized carbons (Fsp3) is 0.185. The highest BCUT2D eigenvalue weighted by Crippen LogP contribution is 2.35. The van der Waals surface area contributed by atoms with Gasteiger partial charge in [-0.1, -0.05) is 54.1 Å². The number of amides is 2. The summed E-state index contributed by atoms with van der Waals surface area (Å²) in [5.74, 6) is 0.286. The predicted octanol–water partition coefficient (Wildman–Crippen LogP) is 6.35. The number of carbonyl (C=O) groups is 2. The van der Waals surface area contributed by atoms with Gasteiger partial charge in [-0.25, -0.2) is 4.39 Å². The highest BCUT2D eigenvalue weighted by atomic mass is 32.2. The monoisotopic (exact) mass is 477 g/mol. The summed E-state index contributed by atoms with van der Waals surface area (Å²) in [6.07, 6.45) is 1.67. The third-order valence-corrected chi connectivity index (χ3v) is 6.11. The summed E-state index contributed by atoms with van der Waals surface area (Å²) in [6, 6.07) is 19.4. The van der Waals surface area contributed by atoms with Crippen LogP contribution in [-0.2, 0) is 17.9 Å². The third-order valence-electron chi connectivity index (χ3n) is 5.20. The first-order valence-corrected chi connectivity index (χ1v) is 11.7. The van der Waals surface area contributed by atoms with Crippen LogP contribution in [0.2, 0.25) is 0 Å². The lowest BCUT2D eigenvalue weighted by atomic mass is 10.1. The van der Waals surface area contributed by atoms with Crippen molar-refractivity contribution in [3.63, 3.8) is 0 Å². The molecule has 0 aliphatic carbocycles. The number of carbonyl (C=O) groups excluding carboxylic acids is 2. The molecule has 1 aliphatic heterocycles. The van der Waals surface area contributed by atoms with E-state index in [1.54, 1.807) is 42.5 Å². The number of hydrogen-bond acceptors (Lipinski definition) is 5. The van der Waals surface area contributed by atoms with Crippen molar-refractivity contribution in [1.29, 1.82) is 0 Å². The highest BCUT2D eigenvalue weighted by Gasteiger charge is 2.35. The summed E-state index contributed by atoms with van der Waals surface area (Å²) in [6.45, 7) is 4.52. The Balaban J connectivity index is 1.51. The first-order valence-electron chi connectivity index (χ1n) is 10.9. The van der Waals surface area contributed by atoms with Crippen LogP contribution in [0.4, 0.5) is 9.18 Å². The van der Waals surface area contributed by atoms with E-state index in [2.05, 4.69) is 0 Å². The second-order valence-corrected chi connectivity index (χ2v) is 8.77. The van der Waals surface area contributed by atoms with Crippen LogP contribution in [-0.4, -0.2) is 22.7 Å². The first kappa shape index (κ1) is 23.6. The molecule has 0 N–H and O–H groups in total. The van der Waals surface area contributed by atoms with E-state index in [1.807, 2.05) is 38.1 Å². The molecule has 34 heavy (non-hydrogen) atoms. The predicted molar refractivity (Wildman–Crippen MR) is 131 cm³/mol. The van der Waals surface area contributed by atoms with Crippen molar-refractivity contribution in [2.45, 2.75) is 27.0 Å². The molecule has 1 aliphatic rings. The van der Waals surface area contributed by atoms with Gasteiger partial charge in [0.15, 0.2) is 11.5 Å². The Morgan fingerprint density at radius 3 is 2.56 bits per heavy atom. The fourth-order valence-electron chi connectivity index (χ4n) is 3.55. The Hall–Kier alpha value is -3.58. The zero-order valence-electron chi connectivity index (χ0n) is 18.9. The fourth-order valence-corrected chi connectivity index (χ4v) is 4.39. The third kappa shape index (κ3) is 5.48. The molecule has 0 aromatic heterocycles. The summed E-state index contributed by atoms with van der Waals surface area (Å²) in [5, 5.41) is -0.298. The van der Waals surface area contributed by atoms with Gasteiger partial charge in [-0.3, -0.25) is 14.5 Å². The zero-order valence-corrected chi connectivity index (χ0v) is 19.7. The molecule has 2 amide bonds. The number of hydrogen-bond donors (Lipinski definition) is 0. The highest BCUT2D eigenvalue weighted by molar-refractivity contribution is 8.18. The van der Waals surface area contributed by atoms with Gasteiger partial charge < -0.3 is 9.47 Å². The van der Waals surface area contributed by atoms with Crippen LogP contribution in [0.3, 0.4) is 0 Å². The summed E-state index contributed by atoms with van der Waals surface area (Å²) >= 11 is 0.917. The average molecular weight is 478 g/mol. The normalized spacial score (nSPS) is 14.7. The second-order valence-electron chi connectivity index (χ2n) is 7.78. The van der Waals surface area contributed by atoms with E-state index in [4.69, 9.17) is 9.47 Å². The van der Waals surface area contributed by atoms with Crippen LogP contribution in [0, 0.1) is 12.7 Å². The summed E-state index contributed by atoms with van der Waals surface area (Å²) in [4.78, 5) is 27.0. The maximum atomic E-state index is 13.9. The minimum Gasteiger partial charge on any atom is -0.490 e. The summed E-state index contributed by atoms with van der Waals surface area (Å²) < 4.78 is 25.4. The number of aryl methyl sites for hydroxylation is 1. The van der Waals surface area contributed by atoms with Crippen molar-refractivity contribution in [3.8, 4) is 11.5 Å². The Kier molecular flexibility index (Phi) is 7.33. The average Bonchev–Trinajstić information content (AvgIpc) is 3.07. The van der Waals surface area contributed by atoms with Crippen LogP contribution in [0.1, 0.15) is 29.2 Å². The minimum absolute atomic E-state index is 0.0595. The minimum atomic E-state index is -0.335. The smallest absolute Gasteiger partial charge is 0.293 e. The van der Waals surface area contributed by atoms with Gasteiger partial charge in [0.2, 0.25) is 0 Å². The van der Waals surface area contributed by atoms with Gasteiger partial charge >= 0.3 is 0 Å². The van der Waals surface area contributed by atoms with Crippen LogP contribution >= 0.6 is 11.8 Å². The number of ether oxygens (including phenoxy) is 2. The maximum Gasteiger partial charge on any atom is 0.293 e. The number of benzene rings is 3. The summed E-state index contributed by atoms with van der Waals surface area (Å²) in [5.41, 5.74) is 3.11. The van der Waals surface area contributed by atoms with E-state index in [9.17, 15) is 14.0 Å². The van der Waals surface area contributed by atoms with Gasteiger partial charge in [0, 0.05) is 5.56 Å². The largest absolute Gasteiger partial charge is 0.490 e. The van der Waals surface area contributed by atoms with Gasteiger partial charge in [0.25, 0.3) is 11.1 Å². The van der Waals surface area contributed by atoms with E-state index in [1.165, 1.54) is 11.0 Å². The molecule has 1 fully saturated rings. The Labute approximate surface area is 202 Å². The van der Waals surface area contributed by atoms with Crippen molar-refractivity contribution >= 4 is 29.0 Å². The number of nitrogens with zero attached hydrogens (tertiary/aromatic N) is 1. The van der Waals surface area contributed by atoms with E-state index < -0.39 is 0 Å². The van der Waals surface area contributed by atoms with Gasteiger partial charge in [-0.15, -0.1) is 0 Å². The van der Waals surface area contributed by atoms with Crippen molar-refractivity contribution in [3.05, 3.63) is 99.7 Å². The van der Waals surface area contributed by atoms with Gasteiger partial charge in [0.05, 0.1) is 18.1 Å². The summed E-state index contributed by atoms with van der Waals surface area (Å²) in [7, 11) is 0. The van der Waals surface area contributed by atoms with Crippen LogP contribution in [0.15, 0.2) is 71.6 Å². The molecule has 0 bridgehead atoms. The molecular weight excluding hydrogens is 453 g/mol. The van der Waals surface area contributed by atoms with E-state index in [0.717, 1.165) is 22.9 Å². The molecule has 7 heteroatoms. The number of rotatable bonds is 8. The molecule has 0 saturated carbocycles. The van der Waals surface area contributed by atoms with Crippen LogP contribution in [0.25, 0.3) is 6.08 Å². The quantitative estimate of drug-likeness (QED) is 0.354.